The molecule has 0 aromatic carbocycles. The largest absolute Gasteiger partial charge is 0.323 e. The van der Waals surface area contributed by atoms with E-state index in [-0.39, 0.29) is 11.6 Å². The van der Waals surface area contributed by atoms with Gasteiger partial charge in [0.25, 0.3) is 5.56 Å². The highest BCUT2D eigenvalue weighted by atomic mass is 35.5. The van der Waals surface area contributed by atoms with E-state index in [1.54, 1.807) is 21.2 Å². The summed E-state index contributed by atoms with van der Waals surface area (Å²) in [5.41, 5.74) is 8.02. The molecule has 2 rings (SSSR count). The minimum absolute atomic E-state index is 0.151. The number of allylic oxidation sites excluding steroid dienone is 4. The van der Waals surface area contributed by atoms with Crippen molar-refractivity contribution >= 4 is 22.8 Å². The summed E-state index contributed by atoms with van der Waals surface area (Å²) in [6.07, 6.45) is 10.6. The lowest BCUT2D eigenvalue weighted by Gasteiger charge is -2.18. The SMILES string of the molecule is C/C=C\C(=C/C(C)CC)n1c(C(C)N)cn2ccc(Cl)c2c1=O. The lowest BCUT2D eigenvalue weighted by molar-refractivity contribution is 0.687. The van der Waals surface area contributed by atoms with Gasteiger partial charge >= 0.3 is 0 Å². The highest BCUT2D eigenvalue weighted by Gasteiger charge is 2.17. The van der Waals surface area contributed by atoms with Gasteiger partial charge in [-0.2, -0.15) is 0 Å². The number of nitrogens with two attached hydrogens (primary N) is 1. The first kappa shape index (κ1) is 17.6. The van der Waals surface area contributed by atoms with Crippen LogP contribution >= 0.6 is 11.6 Å². The van der Waals surface area contributed by atoms with E-state index in [1.165, 1.54) is 0 Å². The van der Waals surface area contributed by atoms with Gasteiger partial charge in [0.1, 0.15) is 5.52 Å². The van der Waals surface area contributed by atoms with E-state index in [1.807, 2.05) is 32.2 Å². The first-order chi connectivity index (χ1) is 10.9. The van der Waals surface area contributed by atoms with Crippen LogP contribution in [0.2, 0.25) is 5.02 Å². The Hall–Kier alpha value is -1.78. The van der Waals surface area contributed by atoms with Crippen molar-refractivity contribution in [1.29, 1.82) is 0 Å². The maximum Gasteiger partial charge on any atom is 0.281 e. The quantitative estimate of drug-likeness (QED) is 0.832. The maximum atomic E-state index is 13.0. The normalized spacial score (nSPS) is 15.5. The van der Waals surface area contributed by atoms with Gasteiger partial charge < -0.3 is 10.1 Å². The van der Waals surface area contributed by atoms with Gasteiger partial charge in [0.05, 0.1) is 10.7 Å². The molecule has 0 aliphatic rings. The molecule has 2 atom stereocenters. The molecule has 2 heterocycles. The topological polar surface area (TPSA) is 52.4 Å². The molecule has 0 amide bonds. The number of aromatic nitrogens is 2. The van der Waals surface area contributed by atoms with E-state index in [9.17, 15) is 4.79 Å². The molecule has 124 valence electrons. The minimum Gasteiger partial charge on any atom is -0.323 e. The fraction of sp³-hybridized carbons (Fsp3) is 0.389. The standard InChI is InChI=1S/C18H24ClN3O/c1-5-7-14(10-12(3)6-2)22-16(13(4)20)11-21-9-8-15(19)17(21)18(22)23/h5,7-13H,6,20H2,1-4H3/b7-5-,14-10+. The highest BCUT2D eigenvalue weighted by Crippen LogP contribution is 2.21. The molecular formula is C18H24ClN3O. The number of rotatable bonds is 5. The molecule has 2 N–H and O–H groups in total. The third-order valence-electron chi connectivity index (χ3n) is 3.96. The summed E-state index contributed by atoms with van der Waals surface area (Å²) in [7, 11) is 0. The Bertz CT molecular complexity index is 812. The number of hydrogen-bond acceptors (Lipinski definition) is 2. The van der Waals surface area contributed by atoms with Crippen LogP contribution in [-0.2, 0) is 0 Å². The van der Waals surface area contributed by atoms with E-state index < -0.39 is 0 Å². The fourth-order valence-corrected chi connectivity index (χ4v) is 2.77. The summed E-state index contributed by atoms with van der Waals surface area (Å²) in [4.78, 5) is 13.0. The van der Waals surface area contributed by atoms with E-state index in [4.69, 9.17) is 17.3 Å². The average Bonchev–Trinajstić information content (AvgIpc) is 2.88. The van der Waals surface area contributed by atoms with Gasteiger partial charge in [0, 0.05) is 24.1 Å². The summed E-state index contributed by atoms with van der Waals surface area (Å²) >= 11 is 6.19. The second-order valence-electron chi connectivity index (χ2n) is 5.88. The summed E-state index contributed by atoms with van der Waals surface area (Å²) in [6.45, 7) is 8.06. The Morgan fingerprint density at radius 3 is 2.70 bits per heavy atom. The number of halogens is 1. The lowest BCUT2D eigenvalue weighted by atomic mass is 10.1. The zero-order valence-corrected chi connectivity index (χ0v) is 14.8. The fourth-order valence-electron chi connectivity index (χ4n) is 2.54. The molecule has 2 aromatic heterocycles. The summed E-state index contributed by atoms with van der Waals surface area (Å²) in [5.74, 6) is 0.354. The minimum atomic E-state index is -0.279. The number of nitrogens with zero attached hydrogens (tertiary/aromatic N) is 2. The molecule has 4 nitrogen and oxygen atoms in total. The Labute approximate surface area is 141 Å². The van der Waals surface area contributed by atoms with Crippen molar-refractivity contribution in [2.24, 2.45) is 11.7 Å². The number of hydrogen-bond donors (Lipinski definition) is 1. The molecule has 0 aliphatic carbocycles. The molecular weight excluding hydrogens is 310 g/mol. The summed E-state index contributed by atoms with van der Waals surface area (Å²) < 4.78 is 3.43. The lowest BCUT2D eigenvalue weighted by Crippen LogP contribution is -2.28. The Kier molecular flexibility index (Phi) is 5.50. The van der Waals surface area contributed by atoms with Crippen LogP contribution in [0.3, 0.4) is 0 Å². The van der Waals surface area contributed by atoms with Crippen molar-refractivity contribution in [3.63, 3.8) is 0 Å². The molecule has 2 unspecified atom stereocenters. The molecule has 2 aromatic rings. The van der Waals surface area contributed by atoms with Crippen LogP contribution in [0.5, 0.6) is 0 Å². The van der Waals surface area contributed by atoms with Gasteiger partial charge in [-0.05, 0) is 31.9 Å². The van der Waals surface area contributed by atoms with Crippen LogP contribution in [0.4, 0.5) is 0 Å². The molecule has 0 fully saturated rings. The van der Waals surface area contributed by atoms with Crippen LogP contribution in [0.25, 0.3) is 11.2 Å². The van der Waals surface area contributed by atoms with Gasteiger partial charge in [-0.25, -0.2) is 0 Å². The van der Waals surface area contributed by atoms with E-state index >= 15 is 0 Å². The first-order valence-corrected chi connectivity index (χ1v) is 8.31. The highest BCUT2D eigenvalue weighted by molar-refractivity contribution is 6.33. The molecule has 0 radical (unpaired) electrons. The van der Waals surface area contributed by atoms with Crippen molar-refractivity contribution in [3.8, 4) is 0 Å². The summed E-state index contributed by atoms with van der Waals surface area (Å²) in [6, 6.07) is 1.44. The predicted octanol–water partition coefficient (Wildman–Crippen LogP) is 4.24. The second-order valence-corrected chi connectivity index (χ2v) is 6.29. The van der Waals surface area contributed by atoms with Gasteiger partial charge in [-0.3, -0.25) is 9.36 Å². The molecule has 0 saturated heterocycles. The molecule has 0 bridgehead atoms. The molecule has 5 heteroatoms. The van der Waals surface area contributed by atoms with Crippen LogP contribution in [0.15, 0.2) is 41.5 Å². The van der Waals surface area contributed by atoms with Crippen molar-refractivity contribution in [1.82, 2.24) is 8.97 Å². The van der Waals surface area contributed by atoms with Gasteiger partial charge in [0.2, 0.25) is 0 Å². The van der Waals surface area contributed by atoms with Crippen LogP contribution in [0.1, 0.15) is 45.9 Å². The monoisotopic (exact) mass is 333 g/mol. The van der Waals surface area contributed by atoms with Crippen LogP contribution in [0, 0.1) is 5.92 Å². The molecule has 0 aliphatic heterocycles. The van der Waals surface area contributed by atoms with E-state index in [0.717, 1.165) is 17.8 Å². The molecule has 23 heavy (non-hydrogen) atoms. The first-order valence-electron chi connectivity index (χ1n) is 7.93. The average molecular weight is 334 g/mol. The second kappa shape index (κ2) is 7.20. The predicted molar refractivity (Wildman–Crippen MR) is 97.8 cm³/mol. The Morgan fingerprint density at radius 2 is 2.13 bits per heavy atom. The number of fused-ring (bicyclic) bond motifs is 1. The van der Waals surface area contributed by atoms with Crippen molar-refractivity contribution in [2.45, 2.75) is 40.2 Å². The Balaban J connectivity index is 2.86. The third-order valence-corrected chi connectivity index (χ3v) is 4.27. The molecule has 0 spiro atoms. The zero-order valence-electron chi connectivity index (χ0n) is 14.1. The maximum absolute atomic E-state index is 13.0. The van der Waals surface area contributed by atoms with Crippen LogP contribution in [-0.4, -0.2) is 8.97 Å². The smallest absolute Gasteiger partial charge is 0.281 e. The van der Waals surface area contributed by atoms with E-state index in [2.05, 4.69) is 19.9 Å². The van der Waals surface area contributed by atoms with Crippen molar-refractivity contribution in [2.75, 3.05) is 0 Å². The third kappa shape index (κ3) is 3.43. The Morgan fingerprint density at radius 1 is 1.43 bits per heavy atom. The molecule has 0 saturated carbocycles. The van der Waals surface area contributed by atoms with Crippen LogP contribution < -0.4 is 11.3 Å². The van der Waals surface area contributed by atoms with Crippen molar-refractivity contribution < 1.29 is 0 Å². The zero-order chi connectivity index (χ0) is 17.1. The van der Waals surface area contributed by atoms with Gasteiger partial charge in [-0.15, -0.1) is 0 Å². The van der Waals surface area contributed by atoms with E-state index in [0.29, 0.717) is 16.5 Å². The van der Waals surface area contributed by atoms with Crippen molar-refractivity contribution in [3.05, 3.63) is 57.8 Å². The van der Waals surface area contributed by atoms with Gasteiger partial charge in [-0.1, -0.05) is 44.0 Å². The summed E-state index contributed by atoms with van der Waals surface area (Å²) in [5, 5.41) is 0.448. The van der Waals surface area contributed by atoms with Gasteiger partial charge in [0.15, 0.2) is 0 Å².